The normalized spacial score (nSPS) is 10.7. The van der Waals surface area contributed by atoms with Crippen molar-refractivity contribution in [1.29, 1.82) is 0 Å². The van der Waals surface area contributed by atoms with E-state index in [0.29, 0.717) is 16.4 Å². The van der Waals surface area contributed by atoms with Gasteiger partial charge >= 0.3 is 0 Å². The molecule has 20 heavy (non-hydrogen) atoms. The van der Waals surface area contributed by atoms with Crippen molar-refractivity contribution in [1.82, 2.24) is 0 Å². The van der Waals surface area contributed by atoms with Crippen LogP contribution in [0.1, 0.15) is 5.56 Å². The molecule has 3 nitrogen and oxygen atoms in total. The Balaban J connectivity index is 2.05. The second-order valence-corrected chi connectivity index (χ2v) is 5.40. The van der Waals surface area contributed by atoms with E-state index < -0.39 is 0 Å². The largest absolute Gasteiger partial charge is 0.399 e. The minimum Gasteiger partial charge on any atom is -0.399 e. The molecule has 0 aliphatic carbocycles. The lowest BCUT2D eigenvalue weighted by molar-refractivity contribution is -0.111. The third-order valence-electron chi connectivity index (χ3n) is 2.55. The number of nitrogen functional groups attached to an aromatic ring is 1. The lowest BCUT2D eigenvalue weighted by atomic mass is 10.2. The third-order valence-corrected chi connectivity index (χ3v) is 3.48. The van der Waals surface area contributed by atoms with E-state index in [4.69, 9.17) is 17.3 Å². The highest BCUT2D eigenvalue weighted by Gasteiger charge is 2.03. The van der Waals surface area contributed by atoms with Crippen LogP contribution in [0.5, 0.6) is 0 Å². The topological polar surface area (TPSA) is 55.1 Å². The van der Waals surface area contributed by atoms with Gasteiger partial charge in [-0.05, 0) is 57.9 Å². The molecule has 5 heteroatoms. The summed E-state index contributed by atoms with van der Waals surface area (Å²) in [6.45, 7) is 0. The van der Waals surface area contributed by atoms with Crippen LogP contribution in [-0.2, 0) is 4.79 Å². The summed E-state index contributed by atoms with van der Waals surface area (Å²) in [5, 5.41) is 3.31. The molecule has 0 aliphatic rings. The van der Waals surface area contributed by atoms with Gasteiger partial charge in [0.25, 0.3) is 0 Å². The first-order chi connectivity index (χ1) is 9.54. The van der Waals surface area contributed by atoms with Crippen molar-refractivity contribution in [2.24, 2.45) is 0 Å². The highest BCUT2D eigenvalue weighted by atomic mass is 79.9. The number of carbonyl (C=O) groups is 1. The second kappa shape index (κ2) is 6.59. The fourth-order valence-electron chi connectivity index (χ4n) is 1.55. The van der Waals surface area contributed by atoms with Crippen molar-refractivity contribution < 1.29 is 4.79 Å². The van der Waals surface area contributed by atoms with Gasteiger partial charge in [0, 0.05) is 21.3 Å². The van der Waals surface area contributed by atoms with E-state index in [0.717, 1.165) is 10.0 Å². The monoisotopic (exact) mass is 350 g/mol. The summed E-state index contributed by atoms with van der Waals surface area (Å²) < 4.78 is 0.774. The second-order valence-electron chi connectivity index (χ2n) is 4.11. The minimum atomic E-state index is -0.232. The Morgan fingerprint density at radius 2 is 1.90 bits per heavy atom. The molecule has 0 fully saturated rings. The molecule has 0 saturated carbocycles. The van der Waals surface area contributed by atoms with Crippen LogP contribution in [0.3, 0.4) is 0 Å². The van der Waals surface area contributed by atoms with Gasteiger partial charge in [-0.3, -0.25) is 4.79 Å². The Morgan fingerprint density at radius 1 is 1.20 bits per heavy atom. The van der Waals surface area contributed by atoms with E-state index >= 15 is 0 Å². The summed E-state index contributed by atoms with van der Waals surface area (Å²) >= 11 is 9.24. The lowest BCUT2D eigenvalue weighted by Gasteiger charge is -2.05. The van der Waals surface area contributed by atoms with Gasteiger partial charge in [-0.2, -0.15) is 0 Å². The van der Waals surface area contributed by atoms with Crippen LogP contribution in [0.25, 0.3) is 6.08 Å². The van der Waals surface area contributed by atoms with Crippen molar-refractivity contribution >= 4 is 50.9 Å². The number of rotatable bonds is 3. The summed E-state index contributed by atoms with van der Waals surface area (Å²) in [6, 6.07) is 12.5. The van der Waals surface area contributed by atoms with Crippen LogP contribution in [0.2, 0.25) is 5.02 Å². The first kappa shape index (κ1) is 14.6. The molecule has 2 rings (SSSR count). The van der Waals surface area contributed by atoms with Gasteiger partial charge in [0.1, 0.15) is 0 Å². The predicted octanol–water partition coefficient (Wildman–Crippen LogP) is 4.34. The molecule has 1 amide bonds. The minimum absolute atomic E-state index is 0.232. The highest BCUT2D eigenvalue weighted by Crippen LogP contribution is 2.25. The molecule has 0 aromatic heterocycles. The van der Waals surface area contributed by atoms with Crippen LogP contribution in [0.4, 0.5) is 11.4 Å². The van der Waals surface area contributed by atoms with Crippen molar-refractivity contribution in [2.75, 3.05) is 11.1 Å². The zero-order chi connectivity index (χ0) is 14.5. The van der Waals surface area contributed by atoms with E-state index in [1.165, 1.54) is 6.08 Å². The van der Waals surface area contributed by atoms with Crippen LogP contribution in [0.15, 0.2) is 53.0 Å². The Bertz CT molecular complexity index is 653. The molecule has 0 bridgehead atoms. The Morgan fingerprint density at radius 3 is 2.60 bits per heavy atom. The number of halogens is 2. The third kappa shape index (κ3) is 4.11. The quantitative estimate of drug-likeness (QED) is 0.638. The number of hydrogen-bond donors (Lipinski definition) is 2. The molecule has 0 aliphatic heterocycles. The summed E-state index contributed by atoms with van der Waals surface area (Å²) in [5.74, 6) is -0.232. The average molecular weight is 352 g/mol. The number of carbonyl (C=O) groups excluding carboxylic acids is 1. The van der Waals surface area contributed by atoms with E-state index in [1.807, 2.05) is 12.1 Å². The van der Waals surface area contributed by atoms with Crippen LogP contribution < -0.4 is 11.1 Å². The number of hydrogen-bond acceptors (Lipinski definition) is 2. The number of nitrogens with two attached hydrogens (primary N) is 1. The molecule has 0 unspecified atom stereocenters. The predicted molar refractivity (Wildman–Crippen MR) is 87.7 cm³/mol. The highest BCUT2D eigenvalue weighted by molar-refractivity contribution is 9.10. The number of nitrogens with one attached hydrogen (secondary N) is 1. The van der Waals surface area contributed by atoms with Gasteiger partial charge in [-0.1, -0.05) is 23.7 Å². The Hall–Kier alpha value is -1.78. The van der Waals surface area contributed by atoms with Gasteiger partial charge in [-0.15, -0.1) is 0 Å². The summed E-state index contributed by atoms with van der Waals surface area (Å²) in [7, 11) is 0. The van der Waals surface area contributed by atoms with Gasteiger partial charge < -0.3 is 11.1 Å². The van der Waals surface area contributed by atoms with Crippen molar-refractivity contribution in [3.05, 3.63) is 63.6 Å². The Labute approximate surface area is 130 Å². The molecule has 0 heterocycles. The maximum atomic E-state index is 11.8. The smallest absolute Gasteiger partial charge is 0.248 e. The summed E-state index contributed by atoms with van der Waals surface area (Å²) in [6.07, 6.45) is 3.17. The van der Waals surface area contributed by atoms with E-state index in [1.54, 1.807) is 36.4 Å². The average Bonchev–Trinajstić information content (AvgIpc) is 2.42. The first-order valence-electron chi connectivity index (χ1n) is 5.84. The van der Waals surface area contributed by atoms with E-state index in [2.05, 4.69) is 21.2 Å². The molecule has 3 N–H and O–H groups in total. The first-order valence-corrected chi connectivity index (χ1v) is 7.01. The summed E-state index contributed by atoms with van der Waals surface area (Å²) in [4.78, 5) is 11.8. The maximum Gasteiger partial charge on any atom is 0.248 e. The molecule has 0 spiro atoms. The zero-order valence-corrected chi connectivity index (χ0v) is 12.8. The molecule has 2 aromatic carbocycles. The van der Waals surface area contributed by atoms with Gasteiger partial charge in [-0.25, -0.2) is 0 Å². The van der Waals surface area contributed by atoms with Crippen molar-refractivity contribution in [3.8, 4) is 0 Å². The van der Waals surface area contributed by atoms with Gasteiger partial charge in [0.15, 0.2) is 0 Å². The van der Waals surface area contributed by atoms with Crippen molar-refractivity contribution in [2.45, 2.75) is 0 Å². The fourth-order valence-corrected chi connectivity index (χ4v) is 2.06. The molecular formula is C15H12BrClN2O. The molecule has 0 radical (unpaired) electrons. The molecule has 2 aromatic rings. The zero-order valence-electron chi connectivity index (χ0n) is 10.4. The molecule has 0 atom stereocenters. The van der Waals surface area contributed by atoms with Crippen LogP contribution in [0, 0.1) is 0 Å². The van der Waals surface area contributed by atoms with E-state index in [9.17, 15) is 4.79 Å². The van der Waals surface area contributed by atoms with Gasteiger partial charge in [0.2, 0.25) is 5.91 Å². The van der Waals surface area contributed by atoms with E-state index in [-0.39, 0.29) is 5.91 Å². The van der Waals surface area contributed by atoms with Crippen LogP contribution >= 0.6 is 27.5 Å². The standard InChI is InChI=1S/C15H12BrClN2O/c16-13-7-4-11(17)9-14(13)19-15(20)8-3-10-1-5-12(18)6-2-10/h1-9H,18H2,(H,19,20)/b8-3+. The molecule has 102 valence electrons. The number of benzene rings is 2. The van der Waals surface area contributed by atoms with Crippen molar-refractivity contribution in [3.63, 3.8) is 0 Å². The molecular weight excluding hydrogens is 340 g/mol. The molecule has 0 saturated heterocycles. The Kier molecular flexibility index (Phi) is 4.82. The van der Waals surface area contributed by atoms with Gasteiger partial charge in [0.05, 0.1) is 5.69 Å². The van der Waals surface area contributed by atoms with Crippen LogP contribution in [-0.4, -0.2) is 5.91 Å². The fraction of sp³-hybridized carbons (Fsp3) is 0. The maximum absolute atomic E-state index is 11.8. The lowest BCUT2D eigenvalue weighted by Crippen LogP contribution is -2.08. The number of anilines is 2. The summed E-state index contributed by atoms with van der Waals surface area (Å²) in [5.41, 5.74) is 7.82. The number of amides is 1. The SMILES string of the molecule is Nc1ccc(/C=C/C(=O)Nc2cc(Cl)ccc2Br)cc1.